The molecule has 3 unspecified atom stereocenters. The molecule has 0 saturated heterocycles. The van der Waals surface area contributed by atoms with Crippen LogP contribution in [-0.2, 0) is 13.6 Å². The maximum Gasteiger partial charge on any atom is 0.659 e. The number of nitrogens with zero attached hydrogens (tertiary/aromatic N) is 1. The minimum absolute atomic E-state index is 0.565. The fraction of sp³-hybridized carbons (Fsp3) is 0.143. The third-order valence-corrected chi connectivity index (χ3v) is 9.33. The lowest BCUT2D eigenvalue weighted by Gasteiger charge is -2.19. The van der Waals surface area contributed by atoms with E-state index in [1.54, 1.807) is 0 Å². The quantitative estimate of drug-likeness (QED) is 0.268. The molecule has 0 aliphatic rings. The first-order chi connectivity index (χ1) is 15.7. The van der Waals surface area contributed by atoms with E-state index in [0.717, 1.165) is 0 Å². The van der Waals surface area contributed by atoms with E-state index >= 15 is 0 Å². The lowest BCUT2D eigenvalue weighted by atomic mass is 10.3. The van der Waals surface area contributed by atoms with Crippen LogP contribution in [0.4, 0.5) is 0 Å². The predicted octanol–water partition coefficient (Wildman–Crippen LogP) is 7.15. The van der Waals surface area contributed by atoms with Crippen molar-refractivity contribution < 1.29 is 27.1 Å². The maximum atomic E-state index is 6.21. The molecule has 0 aromatic heterocycles. The lowest BCUT2D eigenvalue weighted by molar-refractivity contribution is 0.351. The number of hydrogen-bond donors (Lipinski definition) is 1. The summed E-state index contributed by atoms with van der Waals surface area (Å²) < 4.78 is 39.7. The van der Waals surface area contributed by atoms with Gasteiger partial charge in [-0.3, -0.25) is 4.52 Å². The Bertz CT molecular complexity index is 969. The van der Waals surface area contributed by atoms with E-state index in [0.29, 0.717) is 17.2 Å². The van der Waals surface area contributed by atoms with Crippen LogP contribution in [0, 0.1) is 0 Å². The van der Waals surface area contributed by atoms with E-state index in [4.69, 9.17) is 31.7 Å². The Kier molecular flexibility index (Phi) is 9.79. The van der Waals surface area contributed by atoms with Gasteiger partial charge in [0.05, 0.1) is 14.2 Å². The van der Waals surface area contributed by atoms with Gasteiger partial charge in [0.25, 0.3) is 0 Å². The summed E-state index contributed by atoms with van der Waals surface area (Å²) in [7, 11) is -2.05. The highest BCUT2D eigenvalue weighted by Gasteiger charge is 2.56. The Labute approximate surface area is 191 Å². The van der Waals surface area contributed by atoms with Crippen LogP contribution in [0.25, 0.3) is 0 Å². The van der Waals surface area contributed by atoms with Crippen molar-refractivity contribution in [3.05, 3.63) is 91.0 Å². The molecule has 1 N–H and O–H groups in total. The molecule has 3 rings (SSSR count). The van der Waals surface area contributed by atoms with Crippen molar-refractivity contribution in [2.75, 3.05) is 21.3 Å². The van der Waals surface area contributed by atoms with Gasteiger partial charge < -0.3 is 9.05 Å². The van der Waals surface area contributed by atoms with Crippen LogP contribution >= 0.6 is 24.7 Å². The number of benzene rings is 3. The van der Waals surface area contributed by atoms with Crippen LogP contribution in [0.1, 0.15) is 0 Å². The molecule has 11 heteroatoms. The summed E-state index contributed by atoms with van der Waals surface area (Å²) in [5.74, 6) is 1.82. The topological polar surface area (TPSA) is 79.8 Å². The molecule has 8 nitrogen and oxygen atoms in total. The lowest BCUT2D eigenvalue weighted by Crippen LogP contribution is -2.18. The normalized spacial score (nSPS) is 14.3. The molecule has 0 heterocycles. The first-order valence-electron chi connectivity index (χ1n) is 9.51. The predicted molar refractivity (Wildman–Crippen MR) is 129 cm³/mol. The Morgan fingerprint density at radius 1 is 0.750 bits per heavy atom. The molecule has 0 fully saturated rings. The summed E-state index contributed by atoms with van der Waals surface area (Å²) in [6.45, 7) is 0. The summed E-state index contributed by atoms with van der Waals surface area (Å²) in [6.07, 6.45) is 0. The van der Waals surface area contributed by atoms with Gasteiger partial charge in [0.2, 0.25) is 4.52 Å². The van der Waals surface area contributed by atoms with E-state index in [1.165, 1.54) is 21.3 Å². The molecular formula is C21H25N2O6P3+2. The highest BCUT2D eigenvalue weighted by Crippen LogP contribution is 2.66. The van der Waals surface area contributed by atoms with E-state index in [9.17, 15) is 0 Å². The summed E-state index contributed by atoms with van der Waals surface area (Å²) in [6, 6.07) is 27.8. The van der Waals surface area contributed by atoms with E-state index in [-0.39, 0.29) is 0 Å². The zero-order chi connectivity index (χ0) is 22.7. The smallest absolute Gasteiger partial charge is 0.434 e. The average molecular weight is 494 g/mol. The first kappa shape index (κ1) is 24.5. The van der Waals surface area contributed by atoms with Crippen LogP contribution in [0.15, 0.2) is 95.5 Å². The fourth-order valence-electron chi connectivity index (χ4n) is 2.34. The van der Waals surface area contributed by atoms with Gasteiger partial charge in [-0.1, -0.05) is 54.6 Å². The molecule has 168 valence electrons. The zero-order valence-corrected chi connectivity index (χ0v) is 20.6. The van der Waals surface area contributed by atoms with Gasteiger partial charge in [0, 0.05) is 7.11 Å². The summed E-state index contributed by atoms with van der Waals surface area (Å²) >= 11 is 0. The van der Waals surface area contributed by atoms with Gasteiger partial charge in [0.1, 0.15) is 5.75 Å². The SMILES string of the molecule is COP(N[P+](N=[P+](OC)Oc1ccccc1)(OC)Oc1ccccc1)Oc1ccccc1. The van der Waals surface area contributed by atoms with Crippen LogP contribution < -0.4 is 18.4 Å². The Hall–Kier alpha value is -2.14. The Morgan fingerprint density at radius 2 is 1.28 bits per heavy atom. The second-order valence-electron chi connectivity index (χ2n) is 5.97. The van der Waals surface area contributed by atoms with Crippen LogP contribution in [0.2, 0.25) is 0 Å². The third-order valence-electron chi connectivity index (χ3n) is 3.80. The van der Waals surface area contributed by atoms with Crippen molar-refractivity contribution in [1.29, 1.82) is 0 Å². The van der Waals surface area contributed by atoms with Crippen molar-refractivity contribution >= 4 is 24.7 Å². The second kappa shape index (κ2) is 12.8. The monoisotopic (exact) mass is 494 g/mol. The number of rotatable bonds is 12. The van der Waals surface area contributed by atoms with Gasteiger partial charge in [0.15, 0.2) is 11.5 Å². The summed E-state index contributed by atoms with van der Waals surface area (Å²) in [5.41, 5.74) is 0. The van der Waals surface area contributed by atoms with E-state index in [1.807, 2.05) is 91.0 Å². The Balaban J connectivity index is 1.91. The average Bonchev–Trinajstić information content (AvgIpc) is 2.85. The van der Waals surface area contributed by atoms with E-state index in [2.05, 4.69) is 4.86 Å². The molecule has 0 amide bonds. The van der Waals surface area contributed by atoms with E-state index < -0.39 is 24.7 Å². The molecule has 3 aromatic rings. The molecule has 3 atom stereocenters. The van der Waals surface area contributed by atoms with Crippen molar-refractivity contribution in [2.45, 2.75) is 0 Å². The molecule has 0 bridgehead atoms. The highest BCUT2D eigenvalue weighted by molar-refractivity contribution is 7.75. The largest absolute Gasteiger partial charge is 0.659 e. The van der Waals surface area contributed by atoms with Gasteiger partial charge in [-0.15, -0.1) is 4.52 Å². The molecule has 0 spiro atoms. The highest BCUT2D eigenvalue weighted by atomic mass is 31.3. The van der Waals surface area contributed by atoms with Crippen molar-refractivity contribution in [2.24, 2.45) is 4.52 Å². The van der Waals surface area contributed by atoms with Crippen LogP contribution in [-0.4, -0.2) is 21.3 Å². The number of para-hydroxylation sites is 3. The second-order valence-corrected chi connectivity index (χ2v) is 11.2. The first-order valence-corrected chi connectivity index (χ1v) is 13.4. The van der Waals surface area contributed by atoms with Crippen molar-refractivity contribution in [3.8, 4) is 17.2 Å². The molecule has 0 aliphatic heterocycles. The third kappa shape index (κ3) is 7.47. The molecular weight excluding hydrogens is 469 g/mol. The molecule has 3 aromatic carbocycles. The summed E-state index contributed by atoms with van der Waals surface area (Å²) in [5, 5.41) is 0. The van der Waals surface area contributed by atoms with Crippen LogP contribution in [0.3, 0.4) is 0 Å². The maximum absolute atomic E-state index is 6.21. The Morgan fingerprint density at radius 3 is 1.78 bits per heavy atom. The van der Waals surface area contributed by atoms with Gasteiger partial charge in [-0.05, 0) is 41.3 Å². The minimum atomic E-state index is -3.19. The van der Waals surface area contributed by atoms with Crippen molar-refractivity contribution in [3.63, 3.8) is 0 Å². The molecule has 0 saturated carbocycles. The molecule has 32 heavy (non-hydrogen) atoms. The molecule has 0 radical (unpaired) electrons. The number of nitrogens with one attached hydrogen (secondary N) is 1. The molecule has 0 aliphatic carbocycles. The zero-order valence-electron chi connectivity index (χ0n) is 17.9. The van der Waals surface area contributed by atoms with Gasteiger partial charge in [-0.2, -0.15) is 4.52 Å². The minimum Gasteiger partial charge on any atom is -0.434 e. The van der Waals surface area contributed by atoms with Gasteiger partial charge >= 0.3 is 24.7 Å². The summed E-state index contributed by atoms with van der Waals surface area (Å²) in [4.78, 5) is 3.19. The fourth-order valence-corrected chi connectivity index (χ4v) is 7.55. The van der Waals surface area contributed by atoms with Crippen LogP contribution in [0.5, 0.6) is 17.2 Å². The van der Waals surface area contributed by atoms with Crippen molar-refractivity contribution in [1.82, 2.24) is 4.86 Å². The number of hydrogen-bond acceptors (Lipinski definition) is 8. The van der Waals surface area contributed by atoms with Gasteiger partial charge in [-0.25, -0.2) is 4.52 Å². The standard InChI is InChI=1S/C21H25N2O6P3/c1-24-30(27-19-13-7-4-8-14-19)22-32(26-3,29-21-17-11-6-12-18-21)23-31(25-2)28-20-15-9-5-10-16-20/h4-18,22H,1-3H3/q+2.